The van der Waals surface area contributed by atoms with Crippen LogP contribution in [0.25, 0.3) is 22.3 Å². The maximum Gasteiger partial charge on any atom is 0.255 e. The molecule has 0 radical (unpaired) electrons. The second-order valence-electron chi connectivity index (χ2n) is 8.94. The summed E-state index contributed by atoms with van der Waals surface area (Å²) in [5.74, 6) is 0.311. The van der Waals surface area contributed by atoms with Gasteiger partial charge in [-0.25, -0.2) is 0 Å². The summed E-state index contributed by atoms with van der Waals surface area (Å²) in [7, 11) is 0. The summed E-state index contributed by atoms with van der Waals surface area (Å²) in [5.41, 5.74) is 3.31. The topological polar surface area (TPSA) is 62.6 Å². The second kappa shape index (κ2) is 9.65. The number of rotatable bonds is 5. The summed E-state index contributed by atoms with van der Waals surface area (Å²) < 4.78 is 6.22. The van der Waals surface area contributed by atoms with Gasteiger partial charge in [-0.05, 0) is 37.5 Å². The molecule has 0 saturated carbocycles. The molecule has 1 amide bonds. The van der Waals surface area contributed by atoms with Crippen molar-refractivity contribution >= 4 is 16.9 Å². The van der Waals surface area contributed by atoms with Gasteiger partial charge in [-0.1, -0.05) is 66.7 Å². The summed E-state index contributed by atoms with van der Waals surface area (Å²) in [6, 6.07) is 25.3. The zero-order valence-corrected chi connectivity index (χ0v) is 19.3. The first-order chi connectivity index (χ1) is 16.6. The number of hydrogen-bond donors (Lipinski definition) is 1. The molecule has 172 valence electrons. The van der Waals surface area contributed by atoms with Crippen molar-refractivity contribution in [2.24, 2.45) is 0 Å². The molecule has 5 nitrogen and oxygen atoms in total. The molecule has 0 bridgehead atoms. The van der Waals surface area contributed by atoms with Crippen LogP contribution in [0.1, 0.15) is 34.3 Å². The standard InChI is InChI=1S/C29H28N2O3/c1-20-26(32)24-13-8-14-25(28(24)34-27(20)22-11-6-3-7-12-22)29(33)30-23-15-17-31(18-16-23)19-21-9-4-2-5-10-21/h2-14,23H,15-19H2,1H3,(H,30,33). The van der Waals surface area contributed by atoms with Crippen LogP contribution >= 0.6 is 0 Å². The fourth-order valence-corrected chi connectivity index (χ4v) is 4.69. The Morgan fingerprint density at radius 3 is 2.32 bits per heavy atom. The molecule has 5 heteroatoms. The molecule has 2 heterocycles. The van der Waals surface area contributed by atoms with Crippen LogP contribution in [0.5, 0.6) is 0 Å². The van der Waals surface area contributed by atoms with Crippen LogP contribution in [0.2, 0.25) is 0 Å². The normalized spacial score (nSPS) is 14.9. The first kappa shape index (κ1) is 22.1. The van der Waals surface area contributed by atoms with E-state index in [-0.39, 0.29) is 17.4 Å². The van der Waals surface area contributed by atoms with Gasteiger partial charge in [-0.15, -0.1) is 0 Å². The van der Waals surface area contributed by atoms with Crippen molar-refractivity contribution in [3.63, 3.8) is 0 Å². The van der Waals surface area contributed by atoms with Crippen LogP contribution in [0.4, 0.5) is 0 Å². The van der Waals surface area contributed by atoms with E-state index in [0.717, 1.165) is 38.0 Å². The average molecular weight is 453 g/mol. The Morgan fingerprint density at radius 1 is 0.941 bits per heavy atom. The van der Waals surface area contributed by atoms with Gasteiger partial charge in [0.25, 0.3) is 5.91 Å². The quantitative estimate of drug-likeness (QED) is 0.454. The van der Waals surface area contributed by atoms with Crippen LogP contribution < -0.4 is 10.7 Å². The van der Waals surface area contributed by atoms with Crippen molar-refractivity contribution in [3.8, 4) is 11.3 Å². The molecule has 1 saturated heterocycles. The molecule has 3 aromatic carbocycles. The molecule has 0 unspecified atom stereocenters. The van der Waals surface area contributed by atoms with Crippen molar-refractivity contribution in [2.75, 3.05) is 13.1 Å². The number of amides is 1. The zero-order valence-electron chi connectivity index (χ0n) is 19.3. The van der Waals surface area contributed by atoms with E-state index >= 15 is 0 Å². The molecule has 1 aliphatic heterocycles. The van der Waals surface area contributed by atoms with Crippen molar-refractivity contribution in [1.29, 1.82) is 0 Å². The van der Waals surface area contributed by atoms with E-state index in [4.69, 9.17) is 4.42 Å². The van der Waals surface area contributed by atoms with E-state index in [9.17, 15) is 9.59 Å². The van der Waals surface area contributed by atoms with Gasteiger partial charge in [0.1, 0.15) is 5.76 Å². The Balaban J connectivity index is 1.35. The van der Waals surface area contributed by atoms with E-state index in [1.54, 1.807) is 25.1 Å². The lowest BCUT2D eigenvalue weighted by Gasteiger charge is -2.32. The van der Waals surface area contributed by atoms with E-state index in [1.165, 1.54) is 5.56 Å². The number of likely N-dealkylation sites (tertiary alicyclic amines) is 1. The molecule has 34 heavy (non-hydrogen) atoms. The fourth-order valence-electron chi connectivity index (χ4n) is 4.69. The molecule has 1 N–H and O–H groups in total. The van der Waals surface area contributed by atoms with Gasteiger partial charge in [0.2, 0.25) is 0 Å². The third kappa shape index (κ3) is 4.52. The molecule has 0 aliphatic carbocycles. The Morgan fingerprint density at radius 2 is 1.62 bits per heavy atom. The molecule has 1 aromatic heterocycles. The minimum atomic E-state index is -0.196. The van der Waals surface area contributed by atoms with Crippen LogP contribution in [0.3, 0.4) is 0 Å². The highest BCUT2D eigenvalue weighted by Gasteiger charge is 2.23. The number of nitrogens with one attached hydrogen (secondary N) is 1. The Bertz CT molecular complexity index is 1360. The van der Waals surface area contributed by atoms with Crippen molar-refractivity contribution in [2.45, 2.75) is 32.4 Å². The van der Waals surface area contributed by atoms with Crippen LogP contribution in [-0.4, -0.2) is 29.9 Å². The van der Waals surface area contributed by atoms with Gasteiger partial charge in [-0.3, -0.25) is 14.5 Å². The summed E-state index contributed by atoms with van der Waals surface area (Å²) in [6.45, 7) is 4.56. The van der Waals surface area contributed by atoms with Crippen LogP contribution in [-0.2, 0) is 6.54 Å². The van der Waals surface area contributed by atoms with Gasteiger partial charge < -0.3 is 9.73 Å². The number of carbonyl (C=O) groups excluding carboxylic acids is 1. The van der Waals surface area contributed by atoms with Crippen molar-refractivity contribution in [1.82, 2.24) is 10.2 Å². The minimum absolute atomic E-state index is 0.0977. The van der Waals surface area contributed by atoms with Crippen LogP contribution in [0.15, 0.2) is 88.1 Å². The smallest absolute Gasteiger partial charge is 0.255 e. The van der Waals surface area contributed by atoms with Gasteiger partial charge in [0.05, 0.1) is 10.9 Å². The summed E-state index contributed by atoms with van der Waals surface area (Å²) >= 11 is 0. The SMILES string of the molecule is Cc1c(-c2ccccc2)oc2c(C(=O)NC3CCN(Cc4ccccc4)CC3)cccc2c1=O. The number of para-hydroxylation sites is 1. The minimum Gasteiger partial charge on any atom is -0.455 e. The Labute approximate surface area is 199 Å². The van der Waals surface area contributed by atoms with Gasteiger partial charge in [0, 0.05) is 36.8 Å². The lowest BCUT2D eigenvalue weighted by atomic mass is 10.0. The first-order valence-electron chi connectivity index (χ1n) is 11.8. The largest absolute Gasteiger partial charge is 0.455 e. The first-order valence-corrected chi connectivity index (χ1v) is 11.8. The van der Waals surface area contributed by atoms with Crippen LogP contribution in [0, 0.1) is 6.92 Å². The highest BCUT2D eigenvalue weighted by Crippen LogP contribution is 2.27. The maximum absolute atomic E-state index is 13.3. The maximum atomic E-state index is 13.3. The molecule has 1 fully saturated rings. The lowest BCUT2D eigenvalue weighted by molar-refractivity contribution is 0.0909. The molecule has 0 atom stereocenters. The molecule has 1 aliphatic rings. The number of nitrogens with zero attached hydrogens (tertiary/aromatic N) is 1. The van der Waals surface area contributed by atoms with E-state index < -0.39 is 0 Å². The number of hydrogen-bond acceptors (Lipinski definition) is 4. The van der Waals surface area contributed by atoms with E-state index in [1.807, 2.05) is 36.4 Å². The molecule has 4 aromatic rings. The summed E-state index contributed by atoms with van der Waals surface area (Å²) in [4.78, 5) is 28.8. The lowest BCUT2D eigenvalue weighted by Crippen LogP contribution is -2.44. The molecule has 0 spiro atoms. The second-order valence-corrected chi connectivity index (χ2v) is 8.94. The van der Waals surface area contributed by atoms with Gasteiger partial charge >= 0.3 is 0 Å². The van der Waals surface area contributed by atoms with Crippen molar-refractivity contribution in [3.05, 3.63) is 106 Å². The molecule has 5 rings (SSSR count). The third-order valence-electron chi connectivity index (χ3n) is 6.60. The number of fused-ring (bicyclic) bond motifs is 1. The Kier molecular flexibility index (Phi) is 6.28. The number of carbonyl (C=O) groups is 1. The predicted octanol–water partition coefficient (Wildman–Crippen LogP) is 5.16. The Hall–Kier alpha value is -3.70. The fraction of sp³-hybridized carbons (Fsp3) is 0.241. The van der Waals surface area contributed by atoms with Crippen molar-refractivity contribution < 1.29 is 9.21 Å². The van der Waals surface area contributed by atoms with Gasteiger partial charge in [0.15, 0.2) is 11.0 Å². The van der Waals surface area contributed by atoms with Gasteiger partial charge in [-0.2, -0.15) is 0 Å². The highest BCUT2D eigenvalue weighted by molar-refractivity contribution is 6.05. The molecular formula is C29H28N2O3. The predicted molar refractivity (Wildman–Crippen MR) is 135 cm³/mol. The summed E-state index contributed by atoms with van der Waals surface area (Å²) in [6.07, 6.45) is 1.78. The van der Waals surface area contributed by atoms with E-state index in [0.29, 0.717) is 27.9 Å². The summed E-state index contributed by atoms with van der Waals surface area (Å²) in [5, 5.41) is 3.61. The molecular weight excluding hydrogens is 424 g/mol. The zero-order chi connectivity index (χ0) is 23.5. The monoisotopic (exact) mass is 452 g/mol. The van der Waals surface area contributed by atoms with E-state index in [2.05, 4.69) is 34.5 Å². The average Bonchev–Trinajstić information content (AvgIpc) is 2.88. The number of piperidine rings is 1. The number of benzene rings is 3. The highest BCUT2D eigenvalue weighted by atomic mass is 16.3. The third-order valence-corrected chi connectivity index (χ3v) is 6.60.